The van der Waals surface area contributed by atoms with Crippen molar-refractivity contribution in [3.05, 3.63) is 76.1 Å². The van der Waals surface area contributed by atoms with Crippen molar-refractivity contribution in [3.63, 3.8) is 0 Å². The fourth-order valence-electron chi connectivity index (χ4n) is 3.16. The van der Waals surface area contributed by atoms with Gasteiger partial charge < -0.3 is 9.26 Å². The second-order valence-electron chi connectivity index (χ2n) is 6.80. The number of hydrogen-bond donors (Lipinski definition) is 0. The van der Waals surface area contributed by atoms with Gasteiger partial charge in [0.25, 0.3) is 5.56 Å². The summed E-state index contributed by atoms with van der Waals surface area (Å²) < 4.78 is 13.6. The molecule has 0 spiro atoms. The first kappa shape index (κ1) is 19.9. The number of fused-ring (bicyclic) bond motifs is 1. The summed E-state index contributed by atoms with van der Waals surface area (Å²) in [5.41, 5.74) is 1.59. The lowest BCUT2D eigenvalue weighted by Gasteiger charge is -2.05. The Kier molecular flexibility index (Phi) is 5.12. The standard InChI is InChI=1S/C21H16ClN7O3/c1-2-31-16-9-7-15(8-10-16)29-20-18(25-27-29)21(30)28(12-23-20)11-17-24-19(26-32-17)13-3-5-14(22)6-4-13/h3-10,12H,2,11H2,1H3. The van der Waals surface area contributed by atoms with Crippen LogP contribution in [0.5, 0.6) is 5.75 Å². The minimum atomic E-state index is -0.363. The first-order chi connectivity index (χ1) is 15.6. The lowest BCUT2D eigenvalue weighted by molar-refractivity contribution is 0.340. The molecule has 0 atom stereocenters. The number of nitrogens with zero attached hydrogens (tertiary/aromatic N) is 7. The van der Waals surface area contributed by atoms with Crippen molar-refractivity contribution in [2.45, 2.75) is 13.5 Å². The highest BCUT2D eigenvalue weighted by atomic mass is 35.5. The summed E-state index contributed by atoms with van der Waals surface area (Å²) in [5, 5.41) is 12.7. The molecule has 5 rings (SSSR count). The number of ether oxygens (including phenoxy) is 1. The molecule has 0 fully saturated rings. The van der Waals surface area contributed by atoms with Gasteiger partial charge in [-0.2, -0.15) is 9.67 Å². The van der Waals surface area contributed by atoms with E-state index in [1.165, 1.54) is 15.6 Å². The van der Waals surface area contributed by atoms with Gasteiger partial charge in [0.1, 0.15) is 18.6 Å². The monoisotopic (exact) mass is 449 g/mol. The van der Waals surface area contributed by atoms with Gasteiger partial charge in [-0.05, 0) is 55.5 Å². The highest BCUT2D eigenvalue weighted by Gasteiger charge is 2.16. The number of aromatic nitrogens is 7. The van der Waals surface area contributed by atoms with Crippen molar-refractivity contribution in [2.24, 2.45) is 0 Å². The first-order valence-electron chi connectivity index (χ1n) is 9.75. The van der Waals surface area contributed by atoms with Gasteiger partial charge in [-0.3, -0.25) is 9.36 Å². The molecule has 160 valence electrons. The molecule has 0 radical (unpaired) electrons. The van der Waals surface area contributed by atoms with Gasteiger partial charge in [0.15, 0.2) is 11.2 Å². The van der Waals surface area contributed by atoms with Crippen LogP contribution in [0.25, 0.3) is 28.2 Å². The maximum absolute atomic E-state index is 12.9. The second-order valence-corrected chi connectivity index (χ2v) is 7.23. The van der Waals surface area contributed by atoms with E-state index in [4.69, 9.17) is 20.9 Å². The summed E-state index contributed by atoms with van der Waals surface area (Å²) in [6, 6.07) is 14.3. The van der Waals surface area contributed by atoms with Crippen LogP contribution in [0.2, 0.25) is 5.02 Å². The molecule has 0 amide bonds. The third-order valence-electron chi connectivity index (χ3n) is 4.70. The molecule has 0 saturated carbocycles. The highest BCUT2D eigenvalue weighted by molar-refractivity contribution is 6.30. The lowest BCUT2D eigenvalue weighted by atomic mass is 10.2. The van der Waals surface area contributed by atoms with E-state index >= 15 is 0 Å². The Bertz CT molecular complexity index is 1440. The van der Waals surface area contributed by atoms with Gasteiger partial charge in [-0.1, -0.05) is 22.0 Å². The number of benzene rings is 2. The largest absolute Gasteiger partial charge is 0.494 e. The van der Waals surface area contributed by atoms with E-state index in [2.05, 4.69) is 25.4 Å². The Morgan fingerprint density at radius 2 is 1.88 bits per heavy atom. The number of halogens is 1. The van der Waals surface area contributed by atoms with Gasteiger partial charge in [0.05, 0.1) is 12.3 Å². The smallest absolute Gasteiger partial charge is 0.284 e. The van der Waals surface area contributed by atoms with Crippen LogP contribution in [0.1, 0.15) is 12.8 Å². The third kappa shape index (κ3) is 3.71. The van der Waals surface area contributed by atoms with Gasteiger partial charge in [-0.25, -0.2) is 4.98 Å². The second kappa shape index (κ2) is 8.23. The average molecular weight is 450 g/mol. The number of rotatable bonds is 6. The Hall–Kier alpha value is -4.05. The van der Waals surface area contributed by atoms with E-state index in [9.17, 15) is 4.79 Å². The predicted octanol–water partition coefficient (Wildman–Crippen LogP) is 3.13. The average Bonchev–Trinajstić information content (AvgIpc) is 3.45. The fourth-order valence-corrected chi connectivity index (χ4v) is 3.29. The molecule has 10 nitrogen and oxygen atoms in total. The maximum Gasteiger partial charge on any atom is 0.284 e. The van der Waals surface area contributed by atoms with Crippen LogP contribution in [-0.2, 0) is 6.54 Å². The van der Waals surface area contributed by atoms with Crippen molar-refractivity contribution < 1.29 is 9.26 Å². The molecule has 0 bridgehead atoms. The molecule has 32 heavy (non-hydrogen) atoms. The molecular weight excluding hydrogens is 434 g/mol. The molecule has 3 heterocycles. The van der Waals surface area contributed by atoms with E-state index in [1.807, 2.05) is 31.2 Å². The summed E-state index contributed by atoms with van der Waals surface area (Å²) in [6.45, 7) is 2.55. The van der Waals surface area contributed by atoms with Gasteiger partial charge >= 0.3 is 0 Å². The highest BCUT2D eigenvalue weighted by Crippen LogP contribution is 2.19. The fraction of sp³-hybridized carbons (Fsp3) is 0.143. The SMILES string of the molecule is CCOc1ccc(-n2nnc3c(=O)n(Cc4nc(-c5ccc(Cl)cc5)no4)cnc32)cc1. The zero-order valence-electron chi connectivity index (χ0n) is 16.8. The minimum absolute atomic E-state index is 0.0538. The summed E-state index contributed by atoms with van der Waals surface area (Å²) >= 11 is 5.91. The van der Waals surface area contributed by atoms with Crippen molar-refractivity contribution in [2.75, 3.05) is 6.61 Å². The Labute approximate surface area is 186 Å². The molecule has 0 aliphatic heterocycles. The van der Waals surface area contributed by atoms with Crippen LogP contribution in [0.15, 0.2) is 64.2 Å². The van der Waals surface area contributed by atoms with Crippen molar-refractivity contribution >= 4 is 22.8 Å². The Morgan fingerprint density at radius 3 is 2.62 bits per heavy atom. The molecular formula is C21H16ClN7O3. The molecule has 5 aromatic rings. The minimum Gasteiger partial charge on any atom is -0.494 e. The third-order valence-corrected chi connectivity index (χ3v) is 4.95. The topological polar surface area (TPSA) is 114 Å². The zero-order valence-corrected chi connectivity index (χ0v) is 17.6. The van der Waals surface area contributed by atoms with E-state index in [-0.39, 0.29) is 23.5 Å². The lowest BCUT2D eigenvalue weighted by Crippen LogP contribution is -2.21. The van der Waals surface area contributed by atoms with Crippen LogP contribution in [0.3, 0.4) is 0 Å². The van der Waals surface area contributed by atoms with E-state index in [0.717, 1.165) is 11.3 Å². The first-order valence-corrected chi connectivity index (χ1v) is 10.1. The van der Waals surface area contributed by atoms with Crippen molar-refractivity contribution in [3.8, 4) is 22.8 Å². The van der Waals surface area contributed by atoms with Crippen LogP contribution in [0, 0.1) is 0 Å². The van der Waals surface area contributed by atoms with E-state index in [1.54, 1.807) is 24.3 Å². The van der Waals surface area contributed by atoms with Gasteiger partial charge in [-0.15, -0.1) is 5.10 Å². The summed E-state index contributed by atoms with van der Waals surface area (Å²) in [4.78, 5) is 21.6. The maximum atomic E-state index is 12.9. The van der Waals surface area contributed by atoms with Crippen molar-refractivity contribution in [1.82, 2.24) is 34.7 Å². The van der Waals surface area contributed by atoms with E-state index in [0.29, 0.717) is 28.8 Å². The van der Waals surface area contributed by atoms with Crippen molar-refractivity contribution in [1.29, 1.82) is 0 Å². The van der Waals surface area contributed by atoms with Crippen LogP contribution in [0.4, 0.5) is 0 Å². The molecule has 0 unspecified atom stereocenters. The summed E-state index contributed by atoms with van der Waals surface area (Å²) in [7, 11) is 0. The van der Waals surface area contributed by atoms with Gasteiger partial charge in [0.2, 0.25) is 11.7 Å². The summed E-state index contributed by atoms with van der Waals surface area (Å²) in [5.74, 6) is 1.41. The number of hydrogen-bond acceptors (Lipinski definition) is 8. The summed E-state index contributed by atoms with van der Waals surface area (Å²) in [6.07, 6.45) is 1.41. The molecule has 2 aromatic carbocycles. The Morgan fingerprint density at radius 1 is 1.09 bits per heavy atom. The molecule has 0 aliphatic rings. The van der Waals surface area contributed by atoms with E-state index < -0.39 is 0 Å². The van der Waals surface area contributed by atoms with Crippen LogP contribution >= 0.6 is 11.6 Å². The molecule has 11 heteroatoms. The molecule has 0 aliphatic carbocycles. The normalized spacial score (nSPS) is 11.2. The predicted molar refractivity (Wildman–Crippen MR) is 116 cm³/mol. The molecule has 3 aromatic heterocycles. The molecule has 0 N–H and O–H groups in total. The van der Waals surface area contributed by atoms with Crippen LogP contribution in [-0.4, -0.2) is 41.3 Å². The van der Waals surface area contributed by atoms with Crippen LogP contribution < -0.4 is 10.3 Å². The quantitative estimate of drug-likeness (QED) is 0.388. The zero-order chi connectivity index (χ0) is 22.1. The molecule has 0 saturated heterocycles. The Balaban J connectivity index is 1.42. The van der Waals surface area contributed by atoms with Gasteiger partial charge in [0, 0.05) is 10.6 Å².